The zero-order valence-corrected chi connectivity index (χ0v) is 14.5. The number of aromatic nitrogens is 3. The molecule has 2 heterocycles. The lowest BCUT2D eigenvalue weighted by atomic mass is 10.4. The van der Waals surface area contributed by atoms with Gasteiger partial charge in [0.1, 0.15) is 0 Å². The molecule has 0 aromatic carbocycles. The summed E-state index contributed by atoms with van der Waals surface area (Å²) in [4.78, 5) is 14.0. The van der Waals surface area contributed by atoms with Gasteiger partial charge < -0.3 is 24.6 Å². The Morgan fingerprint density at radius 1 is 1.33 bits per heavy atom. The summed E-state index contributed by atoms with van der Waals surface area (Å²) >= 11 is 1.22. The minimum absolute atomic E-state index is 0.0448. The van der Waals surface area contributed by atoms with Gasteiger partial charge in [-0.05, 0) is 12.1 Å². The van der Waals surface area contributed by atoms with Crippen LogP contribution in [0.4, 0.5) is 0 Å². The van der Waals surface area contributed by atoms with Crippen LogP contribution in [0, 0.1) is 0 Å². The van der Waals surface area contributed by atoms with E-state index in [1.165, 1.54) is 22.7 Å². The van der Waals surface area contributed by atoms with Crippen LogP contribution < -0.4 is 5.84 Å². The maximum atomic E-state index is 12.4. The maximum absolute atomic E-state index is 12.4. The molecule has 2 aromatic rings. The number of ether oxygens (including phenoxy) is 2. The number of carbonyl (C=O) groups excluding carboxylic acids is 1. The lowest BCUT2D eigenvalue weighted by molar-refractivity contribution is -0.129. The van der Waals surface area contributed by atoms with Gasteiger partial charge in [0.25, 0.3) is 0 Å². The molecular weight excluding hydrogens is 334 g/mol. The zero-order chi connectivity index (χ0) is 17.4. The van der Waals surface area contributed by atoms with Gasteiger partial charge in [-0.2, -0.15) is 0 Å². The molecule has 0 unspecified atom stereocenters. The average Bonchev–Trinajstić information content (AvgIpc) is 3.22. The van der Waals surface area contributed by atoms with Crippen LogP contribution in [-0.2, 0) is 14.3 Å². The maximum Gasteiger partial charge on any atom is 0.233 e. The van der Waals surface area contributed by atoms with E-state index in [9.17, 15) is 4.79 Å². The number of nitrogens with zero attached hydrogens (tertiary/aromatic N) is 4. The lowest BCUT2D eigenvalue weighted by Crippen LogP contribution is -2.37. The highest BCUT2D eigenvalue weighted by molar-refractivity contribution is 7.99. The van der Waals surface area contributed by atoms with E-state index in [1.807, 2.05) is 0 Å². The largest absolute Gasteiger partial charge is 0.461 e. The summed E-state index contributed by atoms with van der Waals surface area (Å²) in [6.07, 6.45) is 1.53. The molecule has 1 amide bonds. The molecule has 0 aliphatic rings. The first-order valence-corrected chi connectivity index (χ1v) is 8.28. The van der Waals surface area contributed by atoms with Crippen molar-refractivity contribution in [3.63, 3.8) is 0 Å². The number of nitrogens with two attached hydrogens (primary N) is 1. The molecule has 9 nitrogen and oxygen atoms in total. The van der Waals surface area contributed by atoms with Gasteiger partial charge in [-0.15, -0.1) is 10.2 Å². The van der Waals surface area contributed by atoms with E-state index in [0.717, 1.165) is 0 Å². The molecule has 2 N–H and O–H groups in total. The molecule has 10 heteroatoms. The number of furan rings is 1. The fourth-order valence-electron chi connectivity index (χ4n) is 1.93. The Hall–Kier alpha value is -2.04. The van der Waals surface area contributed by atoms with E-state index in [0.29, 0.717) is 43.0 Å². The van der Waals surface area contributed by atoms with Crippen LogP contribution in [0.15, 0.2) is 28.0 Å². The van der Waals surface area contributed by atoms with E-state index >= 15 is 0 Å². The van der Waals surface area contributed by atoms with Gasteiger partial charge in [0.2, 0.25) is 16.9 Å². The minimum Gasteiger partial charge on any atom is -0.461 e. The van der Waals surface area contributed by atoms with Crippen LogP contribution in [0.1, 0.15) is 0 Å². The first-order chi connectivity index (χ1) is 11.7. The second-order valence-corrected chi connectivity index (χ2v) is 5.75. The Morgan fingerprint density at radius 2 is 2.04 bits per heavy atom. The number of rotatable bonds is 10. The van der Waals surface area contributed by atoms with Gasteiger partial charge in [-0.3, -0.25) is 4.79 Å². The molecule has 2 aromatic heterocycles. The van der Waals surface area contributed by atoms with E-state index < -0.39 is 0 Å². The fraction of sp³-hybridized carbons (Fsp3) is 0.500. The second-order valence-electron chi connectivity index (χ2n) is 4.81. The highest BCUT2D eigenvalue weighted by Gasteiger charge is 2.18. The van der Waals surface area contributed by atoms with Crippen LogP contribution in [0.2, 0.25) is 0 Å². The molecule has 0 saturated heterocycles. The summed E-state index contributed by atoms with van der Waals surface area (Å²) in [6.45, 7) is 1.95. The van der Waals surface area contributed by atoms with Gasteiger partial charge >= 0.3 is 0 Å². The van der Waals surface area contributed by atoms with Crippen molar-refractivity contribution >= 4 is 17.7 Å². The van der Waals surface area contributed by atoms with E-state index in [-0.39, 0.29) is 11.7 Å². The summed E-state index contributed by atoms with van der Waals surface area (Å²) in [6, 6.07) is 3.48. The van der Waals surface area contributed by atoms with E-state index in [4.69, 9.17) is 19.7 Å². The molecule has 0 aliphatic heterocycles. The third kappa shape index (κ3) is 4.73. The molecule has 2 rings (SSSR count). The van der Waals surface area contributed by atoms with E-state index in [1.54, 1.807) is 31.3 Å². The van der Waals surface area contributed by atoms with Crippen LogP contribution in [0.5, 0.6) is 0 Å². The third-order valence-electron chi connectivity index (χ3n) is 3.21. The monoisotopic (exact) mass is 355 g/mol. The quantitative estimate of drug-likeness (QED) is 0.484. The number of hydrogen-bond acceptors (Lipinski definition) is 8. The van der Waals surface area contributed by atoms with Crippen molar-refractivity contribution in [2.75, 3.05) is 52.1 Å². The van der Waals surface area contributed by atoms with Gasteiger partial charge in [-0.25, -0.2) is 4.68 Å². The second kappa shape index (κ2) is 9.30. The third-order valence-corrected chi connectivity index (χ3v) is 4.14. The Kier molecular flexibility index (Phi) is 7.09. The van der Waals surface area contributed by atoms with Crippen LogP contribution >= 0.6 is 11.8 Å². The molecule has 0 aliphatic carbocycles. The predicted molar refractivity (Wildman–Crippen MR) is 88.9 cm³/mol. The molecule has 0 spiro atoms. The normalized spacial score (nSPS) is 10.9. The standard InChI is InChI=1S/C14H21N5O4S/c1-21-8-5-18(6-9-22-2)12(20)10-24-14-17-16-13(19(14)15)11-4-3-7-23-11/h3-4,7H,5-6,8-10,15H2,1-2H3. The average molecular weight is 355 g/mol. The topological polar surface area (TPSA) is 109 Å². The zero-order valence-electron chi connectivity index (χ0n) is 13.7. The van der Waals surface area contributed by atoms with Crippen molar-refractivity contribution in [3.8, 4) is 11.6 Å². The van der Waals surface area contributed by atoms with Gasteiger partial charge in [0.05, 0.1) is 25.2 Å². The molecule has 0 fully saturated rings. The molecule has 24 heavy (non-hydrogen) atoms. The fourth-order valence-corrected chi connectivity index (χ4v) is 2.69. The van der Waals surface area contributed by atoms with Crippen molar-refractivity contribution in [2.45, 2.75) is 5.16 Å². The Bertz CT molecular complexity index is 623. The molecular formula is C14H21N5O4S. The minimum atomic E-state index is -0.0448. The number of amides is 1. The highest BCUT2D eigenvalue weighted by Crippen LogP contribution is 2.21. The summed E-state index contributed by atoms with van der Waals surface area (Å²) in [7, 11) is 3.20. The van der Waals surface area contributed by atoms with Crippen molar-refractivity contribution in [2.24, 2.45) is 0 Å². The van der Waals surface area contributed by atoms with Crippen molar-refractivity contribution in [1.29, 1.82) is 0 Å². The van der Waals surface area contributed by atoms with Gasteiger partial charge in [-0.1, -0.05) is 11.8 Å². The lowest BCUT2D eigenvalue weighted by Gasteiger charge is -2.21. The van der Waals surface area contributed by atoms with Crippen LogP contribution in [-0.4, -0.2) is 72.0 Å². The van der Waals surface area contributed by atoms with Gasteiger partial charge in [0.15, 0.2) is 5.76 Å². The number of hydrogen-bond donors (Lipinski definition) is 1. The first kappa shape index (κ1) is 18.3. The van der Waals surface area contributed by atoms with Gasteiger partial charge in [0, 0.05) is 27.3 Å². The summed E-state index contributed by atoms with van der Waals surface area (Å²) in [5, 5.41) is 8.42. The summed E-state index contributed by atoms with van der Waals surface area (Å²) in [5.41, 5.74) is 0. The summed E-state index contributed by atoms with van der Waals surface area (Å²) in [5.74, 6) is 7.04. The number of carbonyl (C=O) groups is 1. The SMILES string of the molecule is COCCN(CCOC)C(=O)CSc1nnc(-c2ccco2)n1N. The molecule has 0 bridgehead atoms. The number of nitrogen functional groups attached to an aromatic ring is 1. The highest BCUT2D eigenvalue weighted by atomic mass is 32.2. The first-order valence-electron chi connectivity index (χ1n) is 7.30. The van der Waals surface area contributed by atoms with Crippen LogP contribution in [0.25, 0.3) is 11.6 Å². The number of thioether (sulfide) groups is 1. The molecule has 0 saturated carbocycles. The predicted octanol–water partition coefficient (Wildman–Crippen LogP) is 0.465. The van der Waals surface area contributed by atoms with Crippen molar-refractivity contribution < 1.29 is 18.7 Å². The van der Waals surface area contributed by atoms with Crippen molar-refractivity contribution in [1.82, 2.24) is 19.8 Å². The Morgan fingerprint density at radius 3 is 2.62 bits per heavy atom. The van der Waals surface area contributed by atoms with Crippen molar-refractivity contribution in [3.05, 3.63) is 18.4 Å². The molecule has 132 valence electrons. The smallest absolute Gasteiger partial charge is 0.233 e. The molecule has 0 atom stereocenters. The number of methoxy groups -OCH3 is 2. The molecule has 0 radical (unpaired) electrons. The van der Waals surface area contributed by atoms with E-state index in [2.05, 4.69) is 10.2 Å². The Labute approximate surface area is 144 Å². The van der Waals surface area contributed by atoms with Crippen LogP contribution in [0.3, 0.4) is 0 Å². The Balaban J connectivity index is 1.94. The summed E-state index contributed by atoms with van der Waals surface area (Å²) < 4.78 is 16.6.